The van der Waals surface area contributed by atoms with Gasteiger partial charge in [0.15, 0.2) is 8.38 Å². The van der Waals surface area contributed by atoms with Gasteiger partial charge in [0.25, 0.3) is 5.56 Å². The van der Waals surface area contributed by atoms with E-state index >= 15 is 0 Å². The zero-order chi connectivity index (χ0) is 24.9. The summed E-state index contributed by atoms with van der Waals surface area (Å²) in [7, 11) is -0.423. The van der Waals surface area contributed by atoms with Gasteiger partial charge in [0.05, 0.1) is 13.3 Å². The third kappa shape index (κ3) is 6.11. The van der Waals surface area contributed by atoms with Crippen LogP contribution in [-0.4, -0.2) is 56.8 Å². The molecule has 2 aromatic heterocycles. The third-order valence-electron chi connectivity index (χ3n) is 6.06. The first-order chi connectivity index (χ1) is 16.8. The fourth-order valence-corrected chi connectivity index (χ4v) is 4.83. The molecule has 0 bridgehead atoms. The summed E-state index contributed by atoms with van der Waals surface area (Å²) in [4.78, 5) is 50.5. The highest BCUT2D eigenvalue weighted by molar-refractivity contribution is 7.45. The molecule has 0 aliphatic carbocycles. The van der Waals surface area contributed by atoms with Crippen LogP contribution in [0.3, 0.4) is 0 Å². The summed E-state index contributed by atoms with van der Waals surface area (Å²) in [5.74, 6) is 0.250. The number of benzene rings is 1. The van der Waals surface area contributed by atoms with Gasteiger partial charge in [-0.1, -0.05) is 6.07 Å². The average Bonchev–Trinajstić information content (AvgIpc) is 2.84. The van der Waals surface area contributed by atoms with Crippen LogP contribution < -0.4 is 20.5 Å². The van der Waals surface area contributed by atoms with Gasteiger partial charge in [-0.3, -0.25) is 9.59 Å². The molecule has 0 atom stereocenters. The van der Waals surface area contributed by atoms with Gasteiger partial charge >= 0.3 is 0 Å². The summed E-state index contributed by atoms with van der Waals surface area (Å²) in [5, 5.41) is 7.46. The van der Waals surface area contributed by atoms with Crippen LogP contribution in [0.15, 0.2) is 41.3 Å². The zero-order valence-electron chi connectivity index (χ0n) is 19.2. The van der Waals surface area contributed by atoms with Crippen molar-refractivity contribution in [3.63, 3.8) is 0 Å². The molecular formula is C23H27FN5O5P. The first-order valence-electron chi connectivity index (χ1n) is 11.2. The van der Waals surface area contributed by atoms with E-state index in [1.807, 2.05) is 0 Å². The molecule has 4 rings (SSSR count). The summed E-state index contributed by atoms with van der Waals surface area (Å²) in [5.41, 5.74) is -0.235. The average molecular weight is 503 g/mol. The standard InChI is InChI=1S/C23H27FN5O5P/c1-34-22-21-16(11-19(27-22)28-8-5-15(6-9-28)7-10-35(32)33)13-25-29(23(21)31)14-20(30)26-18-4-2-3-17(24)12-18/h2-4,11-13,15,32-33H,5-10,14H2,1H3,(H,26,30). The Morgan fingerprint density at radius 1 is 1.29 bits per heavy atom. The van der Waals surface area contributed by atoms with Crippen molar-refractivity contribution in [1.29, 1.82) is 0 Å². The van der Waals surface area contributed by atoms with Crippen molar-refractivity contribution >= 4 is 36.6 Å². The molecule has 0 spiro atoms. The van der Waals surface area contributed by atoms with Crippen molar-refractivity contribution < 1.29 is 23.7 Å². The topological polar surface area (TPSA) is 130 Å². The smallest absolute Gasteiger partial charge is 0.280 e. The lowest BCUT2D eigenvalue weighted by atomic mass is 9.94. The number of fused-ring (bicyclic) bond motifs is 1. The number of anilines is 2. The Hall–Kier alpha value is -3.14. The van der Waals surface area contributed by atoms with Gasteiger partial charge in [0, 0.05) is 30.3 Å². The van der Waals surface area contributed by atoms with E-state index in [-0.39, 0.29) is 23.5 Å². The van der Waals surface area contributed by atoms with Gasteiger partial charge in [-0.05, 0) is 49.4 Å². The largest absolute Gasteiger partial charge is 0.480 e. The number of hydrogen-bond acceptors (Lipinski definition) is 8. The van der Waals surface area contributed by atoms with Crippen molar-refractivity contribution in [3.05, 3.63) is 52.7 Å². The van der Waals surface area contributed by atoms with Crippen LogP contribution in [0, 0.1) is 11.7 Å². The number of halogens is 1. The molecule has 0 saturated carbocycles. The fraction of sp³-hybridized carbons (Fsp3) is 0.391. The van der Waals surface area contributed by atoms with E-state index in [0.717, 1.165) is 37.0 Å². The zero-order valence-corrected chi connectivity index (χ0v) is 20.1. The molecule has 1 amide bonds. The van der Waals surface area contributed by atoms with Gasteiger partial charge in [0.2, 0.25) is 11.8 Å². The van der Waals surface area contributed by atoms with Gasteiger partial charge in [0.1, 0.15) is 23.6 Å². The predicted octanol–water partition coefficient (Wildman–Crippen LogP) is 2.48. The van der Waals surface area contributed by atoms with Crippen molar-refractivity contribution in [3.8, 4) is 5.88 Å². The second-order valence-electron chi connectivity index (χ2n) is 8.43. The number of ether oxygens (including phenoxy) is 1. The molecule has 35 heavy (non-hydrogen) atoms. The maximum atomic E-state index is 13.4. The van der Waals surface area contributed by atoms with Crippen molar-refractivity contribution in [2.24, 2.45) is 5.92 Å². The fourth-order valence-electron chi connectivity index (χ4n) is 4.23. The van der Waals surface area contributed by atoms with Crippen molar-refractivity contribution in [1.82, 2.24) is 14.8 Å². The summed E-state index contributed by atoms with van der Waals surface area (Å²) < 4.78 is 19.8. The Kier molecular flexibility index (Phi) is 7.90. The number of carbonyl (C=O) groups excluding carboxylic acids is 1. The minimum absolute atomic E-state index is 0.150. The minimum atomic E-state index is -1.85. The molecule has 1 aliphatic rings. The van der Waals surface area contributed by atoms with Crippen LogP contribution in [0.4, 0.5) is 15.9 Å². The molecule has 1 fully saturated rings. The molecule has 3 aromatic rings. The lowest BCUT2D eigenvalue weighted by Crippen LogP contribution is -2.34. The highest BCUT2D eigenvalue weighted by Crippen LogP contribution is 2.32. The molecule has 1 aliphatic heterocycles. The quantitative estimate of drug-likeness (QED) is 0.400. The van der Waals surface area contributed by atoms with Gasteiger partial charge in [-0.2, -0.15) is 10.1 Å². The Morgan fingerprint density at radius 3 is 2.74 bits per heavy atom. The lowest BCUT2D eigenvalue weighted by molar-refractivity contribution is -0.117. The summed E-state index contributed by atoms with van der Waals surface area (Å²) in [6.45, 7) is 1.16. The minimum Gasteiger partial charge on any atom is -0.480 e. The van der Waals surface area contributed by atoms with Crippen LogP contribution in [0.1, 0.15) is 19.3 Å². The van der Waals surface area contributed by atoms with Crippen LogP contribution in [0.5, 0.6) is 5.88 Å². The molecule has 0 radical (unpaired) electrons. The summed E-state index contributed by atoms with van der Waals surface area (Å²) in [6, 6.07) is 7.25. The van der Waals surface area contributed by atoms with E-state index in [1.165, 1.54) is 31.5 Å². The molecule has 3 heterocycles. The van der Waals surface area contributed by atoms with Crippen molar-refractivity contribution in [2.45, 2.75) is 25.8 Å². The van der Waals surface area contributed by atoms with E-state index < -0.39 is 25.7 Å². The highest BCUT2D eigenvalue weighted by Gasteiger charge is 2.23. The number of piperidine rings is 1. The van der Waals surface area contributed by atoms with E-state index in [2.05, 4.69) is 20.3 Å². The van der Waals surface area contributed by atoms with Gasteiger partial charge < -0.3 is 24.7 Å². The first-order valence-corrected chi connectivity index (χ1v) is 12.7. The van der Waals surface area contributed by atoms with Crippen LogP contribution in [0.25, 0.3) is 10.8 Å². The second kappa shape index (κ2) is 11.1. The Balaban J connectivity index is 1.51. The second-order valence-corrected chi connectivity index (χ2v) is 9.63. The van der Waals surface area contributed by atoms with Crippen LogP contribution in [-0.2, 0) is 11.3 Å². The molecule has 3 N–H and O–H groups in total. The molecule has 1 aromatic carbocycles. The summed E-state index contributed by atoms with van der Waals surface area (Å²) >= 11 is 0. The normalized spacial score (nSPS) is 14.5. The number of rotatable bonds is 8. The predicted molar refractivity (Wildman–Crippen MR) is 131 cm³/mol. The Bertz CT molecular complexity index is 1260. The third-order valence-corrected chi connectivity index (χ3v) is 6.72. The molecule has 0 unspecified atom stereocenters. The van der Waals surface area contributed by atoms with Gasteiger partial charge in [-0.25, -0.2) is 9.07 Å². The molecular weight excluding hydrogens is 476 g/mol. The molecule has 10 nitrogen and oxygen atoms in total. The number of carbonyl (C=O) groups is 1. The van der Waals surface area contributed by atoms with E-state index in [4.69, 9.17) is 14.5 Å². The van der Waals surface area contributed by atoms with Gasteiger partial charge in [-0.15, -0.1) is 0 Å². The molecule has 186 valence electrons. The number of pyridine rings is 1. The van der Waals surface area contributed by atoms with E-state index in [9.17, 15) is 14.0 Å². The van der Waals surface area contributed by atoms with E-state index in [1.54, 1.807) is 12.1 Å². The summed E-state index contributed by atoms with van der Waals surface area (Å²) in [6.07, 6.45) is 4.53. The molecule has 1 saturated heterocycles. The van der Waals surface area contributed by atoms with Crippen LogP contribution in [0.2, 0.25) is 0 Å². The van der Waals surface area contributed by atoms with E-state index in [0.29, 0.717) is 23.3 Å². The Labute approximate surface area is 202 Å². The number of hydrogen-bond donors (Lipinski definition) is 3. The van der Waals surface area contributed by atoms with Crippen molar-refractivity contribution in [2.75, 3.05) is 36.6 Å². The first kappa shape index (κ1) is 25.0. The number of nitrogens with zero attached hydrogens (tertiary/aromatic N) is 4. The Morgan fingerprint density at radius 2 is 2.06 bits per heavy atom. The number of amides is 1. The number of aromatic nitrogens is 3. The highest BCUT2D eigenvalue weighted by atomic mass is 31.2. The maximum Gasteiger partial charge on any atom is 0.280 e. The SMILES string of the molecule is COc1nc(N2CCC(CCP(O)O)CC2)cc2cnn(CC(=O)Nc3cccc(F)c3)c(=O)c12. The monoisotopic (exact) mass is 503 g/mol. The number of nitrogens with one attached hydrogen (secondary N) is 1. The molecule has 12 heteroatoms. The maximum absolute atomic E-state index is 13.4. The van der Waals surface area contributed by atoms with Crippen LogP contribution >= 0.6 is 8.38 Å². The lowest BCUT2D eigenvalue weighted by Gasteiger charge is -2.33. The number of methoxy groups -OCH3 is 1.